The standard InChI is InChI=1S/C26H28Cl2F3N5O2/c1-14(2)7-5-8-16(4)34-24(37)18-12-17(27)11-15(3)21(18)35-25(38)19-13-33-36(22(19)26(29,30)31)23-20(28)9-6-10-32-23/h6,9-14,16H,5,7-8H2,1-4H3,(H,34,37)(H,35,38). The summed E-state index contributed by atoms with van der Waals surface area (Å²) >= 11 is 12.2. The molecule has 1 unspecified atom stereocenters. The predicted molar refractivity (Wildman–Crippen MR) is 141 cm³/mol. The van der Waals surface area contributed by atoms with Crippen LogP contribution in [0.15, 0.2) is 36.7 Å². The normalized spacial score (nSPS) is 12.5. The Morgan fingerprint density at radius 1 is 1.08 bits per heavy atom. The maximum absolute atomic E-state index is 14.1. The van der Waals surface area contributed by atoms with E-state index < -0.39 is 29.2 Å². The summed E-state index contributed by atoms with van der Waals surface area (Å²) in [5, 5.41) is 9.24. The Morgan fingerprint density at radius 2 is 1.79 bits per heavy atom. The monoisotopic (exact) mass is 569 g/mol. The third-order valence-corrected chi connectivity index (χ3v) is 6.31. The lowest BCUT2D eigenvalue weighted by Gasteiger charge is -2.18. The van der Waals surface area contributed by atoms with Crippen molar-refractivity contribution in [3.05, 3.63) is 69.1 Å². The summed E-state index contributed by atoms with van der Waals surface area (Å²) in [5.41, 5.74) is -1.64. The number of hydrogen-bond acceptors (Lipinski definition) is 4. The Hall–Kier alpha value is -3.11. The molecule has 2 amide bonds. The lowest BCUT2D eigenvalue weighted by atomic mass is 10.0. The maximum atomic E-state index is 14.1. The van der Waals surface area contributed by atoms with Crippen LogP contribution in [0.1, 0.15) is 72.0 Å². The minimum atomic E-state index is -4.97. The van der Waals surface area contributed by atoms with E-state index in [-0.39, 0.29) is 33.2 Å². The number of carbonyl (C=O) groups is 2. The van der Waals surface area contributed by atoms with E-state index in [1.807, 2.05) is 6.92 Å². The zero-order valence-corrected chi connectivity index (χ0v) is 22.8. The van der Waals surface area contributed by atoms with Gasteiger partial charge in [-0.05, 0) is 56.0 Å². The molecular weight excluding hydrogens is 542 g/mol. The second-order valence-corrected chi connectivity index (χ2v) is 10.3. The number of anilines is 1. The minimum absolute atomic E-state index is 0.0350. The summed E-state index contributed by atoms with van der Waals surface area (Å²) in [6.45, 7) is 7.68. The lowest BCUT2D eigenvalue weighted by Crippen LogP contribution is -2.33. The Bertz CT molecular complexity index is 1320. The van der Waals surface area contributed by atoms with Crippen LogP contribution in [-0.2, 0) is 6.18 Å². The van der Waals surface area contributed by atoms with Gasteiger partial charge in [0.2, 0.25) is 0 Å². The van der Waals surface area contributed by atoms with Crippen LogP contribution in [0.2, 0.25) is 10.0 Å². The molecule has 1 aromatic carbocycles. The molecule has 7 nitrogen and oxygen atoms in total. The molecule has 0 radical (unpaired) electrons. The van der Waals surface area contributed by atoms with E-state index in [9.17, 15) is 22.8 Å². The van der Waals surface area contributed by atoms with Gasteiger partial charge in [-0.15, -0.1) is 0 Å². The van der Waals surface area contributed by atoms with E-state index >= 15 is 0 Å². The third-order valence-electron chi connectivity index (χ3n) is 5.80. The molecule has 0 aliphatic heterocycles. The first-order valence-corrected chi connectivity index (χ1v) is 12.7. The second-order valence-electron chi connectivity index (χ2n) is 9.42. The molecule has 1 atom stereocenters. The van der Waals surface area contributed by atoms with E-state index in [0.29, 0.717) is 16.2 Å². The van der Waals surface area contributed by atoms with Crippen molar-refractivity contribution in [1.82, 2.24) is 20.1 Å². The molecule has 3 aromatic rings. The fourth-order valence-electron chi connectivity index (χ4n) is 3.96. The average Bonchev–Trinajstić information content (AvgIpc) is 3.26. The molecule has 3 rings (SSSR count). The van der Waals surface area contributed by atoms with Gasteiger partial charge in [0.1, 0.15) is 0 Å². The van der Waals surface area contributed by atoms with E-state index in [2.05, 4.69) is 34.6 Å². The summed E-state index contributed by atoms with van der Waals surface area (Å²) in [7, 11) is 0. The van der Waals surface area contributed by atoms with Gasteiger partial charge in [0.25, 0.3) is 11.8 Å². The van der Waals surface area contributed by atoms with Gasteiger partial charge >= 0.3 is 6.18 Å². The molecule has 0 saturated carbocycles. The van der Waals surface area contributed by atoms with Crippen molar-refractivity contribution in [1.29, 1.82) is 0 Å². The van der Waals surface area contributed by atoms with Crippen molar-refractivity contribution < 1.29 is 22.8 Å². The van der Waals surface area contributed by atoms with Gasteiger partial charge in [-0.2, -0.15) is 18.3 Å². The van der Waals surface area contributed by atoms with E-state index in [1.54, 1.807) is 6.92 Å². The molecule has 0 fully saturated rings. The van der Waals surface area contributed by atoms with Crippen molar-refractivity contribution in [3.8, 4) is 5.82 Å². The highest BCUT2D eigenvalue weighted by atomic mass is 35.5. The van der Waals surface area contributed by atoms with Crippen LogP contribution < -0.4 is 10.6 Å². The smallest absolute Gasteiger partial charge is 0.350 e. The molecule has 0 bridgehead atoms. The van der Waals surface area contributed by atoms with Crippen LogP contribution in [-0.4, -0.2) is 32.6 Å². The Labute approximate surface area is 228 Å². The van der Waals surface area contributed by atoms with Gasteiger partial charge < -0.3 is 10.6 Å². The number of benzene rings is 1. The van der Waals surface area contributed by atoms with Crippen molar-refractivity contribution in [3.63, 3.8) is 0 Å². The summed E-state index contributed by atoms with van der Waals surface area (Å²) in [6.07, 6.45) is -0.252. The third kappa shape index (κ3) is 7.05. The molecule has 38 heavy (non-hydrogen) atoms. The average molecular weight is 570 g/mol. The predicted octanol–water partition coefficient (Wildman–Crippen LogP) is 7.10. The Morgan fingerprint density at radius 3 is 2.42 bits per heavy atom. The summed E-state index contributed by atoms with van der Waals surface area (Å²) in [5.74, 6) is -1.36. The number of amides is 2. The number of halogens is 5. The van der Waals surface area contributed by atoms with Crippen LogP contribution in [0.5, 0.6) is 0 Å². The lowest BCUT2D eigenvalue weighted by molar-refractivity contribution is -0.143. The van der Waals surface area contributed by atoms with Crippen molar-refractivity contribution in [2.24, 2.45) is 5.92 Å². The van der Waals surface area contributed by atoms with Crippen molar-refractivity contribution >= 4 is 40.7 Å². The highest BCUT2D eigenvalue weighted by Gasteiger charge is 2.41. The van der Waals surface area contributed by atoms with Crippen LogP contribution in [0, 0.1) is 12.8 Å². The fraction of sp³-hybridized carbons (Fsp3) is 0.385. The highest BCUT2D eigenvalue weighted by Crippen LogP contribution is 2.35. The first kappa shape index (κ1) is 29.4. The number of aryl methyl sites for hydroxylation is 1. The van der Waals surface area contributed by atoms with E-state index in [1.165, 1.54) is 30.5 Å². The number of rotatable bonds is 9. The van der Waals surface area contributed by atoms with E-state index in [0.717, 1.165) is 25.5 Å². The van der Waals surface area contributed by atoms with Crippen molar-refractivity contribution in [2.75, 3.05) is 5.32 Å². The topological polar surface area (TPSA) is 88.9 Å². The first-order chi connectivity index (χ1) is 17.8. The van der Waals surface area contributed by atoms with Crippen molar-refractivity contribution in [2.45, 2.75) is 59.2 Å². The van der Waals surface area contributed by atoms with Gasteiger partial charge in [-0.1, -0.05) is 49.9 Å². The molecule has 204 valence electrons. The molecule has 0 aliphatic rings. The quantitative estimate of drug-likeness (QED) is 0.287. The minimum Gasteiger partial charge on any atom is -0.350 e. The molecule has 2 aromatic heterocycles. The Balaban J connectivity index is 1.94. The molecule has 2 N–H and O–H groups in total. The number of alkyl halides is 3. The van der Waals surface area contributed by atoms with Crippen LogP contribution in [0.4, 0.5) is 18.9 Å². The number of pyridine rings is 1. The zero-order valence-electron chi connectivity index (χ0n) is 21.3. The van der Waals surface area contributed by atoms with Gasteiger partial charge in [-0.3, -0.25) is 9.59 Å². The number of carbonyl (C=O) groups excluding carboxylic acids is 2. The summed E-state index contributed by atoms with van der Waals surface area (Å²) in [6, 6.07) is 5.51. The molecule has 0 aliphatic carbocycles. The molecular formula is C26H28Cl2F3N5O2. The number of nitrogens with zero attached hydrogens (tertiary/aromatic N) is 3. The first-order valence-electron chi connectivity index (χ1n) is 12.0. The number of aromatic nitrogens is 3. The summed E-state index contributed by atoms with van der Waals surface area (Å²) < 4.78 is 42.8. The fourth-order valence-corrected chi connectivity index (χ4v) is 4.43. The highest BCUT2D eigenvalue weighted by molar-refractivity contribution is 6.32. The Kier molecular flexibility index (Phi) is 9.43. The molecule has 12 heteroatoms. The molecule has 0 saturated heterocycles. The molecule has 2 heterocycles. The van der Waals surface area contributed by atoms with Gasteiger partial charge in [-0.25, -0.2) is 9.67 Å². The van der Waals surface area contributed by atoms with Crippen LogP contribution in [0.3, 0.4) is 0 Å². The number of nitrogens with one attached hydrogen (secondary N) is 2. The SMILES string of the molecule is Cc1cc(Cl)cc(C(=O)NC(C)CCCC(C)C)c1NC(=O)c1cnn(-c2ncccc2Cl)c1C(F)(F)F. The number of hydrogen-bond donors (Lipinski definition) is 2. The van der Waals surface area contributed by atoms with E-state index in [4.69, 9.17) is 23.2 Å². The van der Waals surface area contributed by atoms with Crippen LogP contribution in [0.25, 0.3) is 5.82 Å². The van der Waals surface area contributed by atoms with Crippen LogP contribution >= 0.6 is 23.2 Å². The molecule has 0 spiro atoms. The zero-order chi connectivity index (χ0) is 28.2. The van der Waals surface area contributed by atoms with Gasteiger partial charge in [0, 0.05) is 17.3 Å². The summed E-state index contributed by atoms with van der Waals surface area (Å²) in [4.78, 5) is 30.1. The van der Waals surface area contributed by atoms with Gasteiger partial charge in [0.15, 0.2) is 11.5 Å². The second kappa shape index (κ2) is 12.2. The maximum Gasteiger partial charge on any atom is 0.434 e. The largest absolute Gasteiger partial charge is 0.434 e. The van der Waals surface area contributed by atoms with Gasteiger partial charge in [0.05, 0.1) is 28.0 Å².